The maximum absolute atomic E-state index is 12.5. The molecule has 0 aliphatic carbocycles. The SMILES string of the molecule is O=C(c1ccc2c(c1)OCCCO2)c1ccccc1Cl. The fourth-order valence-electron chi connectivity index (χ4n) is 2.11. The maximum atomic E-state index is 12.5. The second-order valence-corrected chi connectivity index (χ2v) is 4.93. The van der Waals surface area contributed by atoms with Crippen molar-refractivity contribution in [1.29, 1.82) is 0 Å². The van der Waals surface area contributed by atoms with Gasteiger partial charge >= 0.3 is 0 Å². The van der Waals surface area contributed by atoms with Gasteiger partial charge in [-0.3, -0.25) is 4.79 Å². The van der Waals surface area contributed by atoms with E-state index >= 15 is 0 Å². The van der Waals surface area contributed by atoms with Crippen molar-refractivity contribution in [2.75, 3.05) is 13.2 Å². The summed E-state index contributed by atoms with van der Waals surface area (Å²) in [4.78, 5) is 12.5. The molecule has 20 heavy (non-hydrogen) atoms. The number of hydrogen-bond acceptors (Lipinski definition) is 3. The lowest BCUT2D eigenvalue weighted by molar-refractivity contribution is 0.103. The van der Waals surface area contributed by atoms with Gasteiger partial charge in [0.15, 0.2) is 17.3 Å². The van der Waals surface area contributed by atoms with Crippen LogP contribution in [0, 0.1) is 0 Å². The van der Waals surface area contributed by atoms with Crippen LogP contribution in [0.25, 0.3) is 0 Å². The molecule has 2 aromatic rings. The highest BCUT2D eigenvalue weighted by atomic mass is 35.5. The molecular formula is C16H13ClO3. The van der Waals surface area contributed by atoms with Gasteiger partial charge in [-0.15, -0.1) is 0 Å². The molecule has 102 valence electrons. The van der Waals surface area contributed by atoms with E-state index in [4.69, 9.17) is 21.1 Å². The number of carbonyl (C=O) groups excluding carboxylic acids is 1. The minimum absolute atomic E-state index is 0.119. The van der Waals surface area contributed by atoms with Crippen LogP contribution in [0.2, 0.25) is 5.02 Å². The van der Waals surface area contributed by atoms with Crippen LogP contribution in [0.4, 0.5) is 0 Å². The number of benzene rings is 2. The summed E-state index contributed by atoms with van der Waals surface area (Å²) in [5, 5.41) is 0.449. The highest BCUT2D eigenvalue weighted by molar-refractivity contribution is 6.35. The van der Waals surface area contributed by atoms with Crippen LogP contribution in [-0.2, 0) is 0 Å². The number of carbonyl (C=O) groups is 1. The first-order valence-electron chi connectivity index (χ1n) is 6.44. The zero-order valence-corrected chi connectivity index (χ0v) is 11.5. The van der Waals surface area contributed by atoms with E-state index in [1.807, 2.05) is 0 Å². The number of rotatable bonds is 2. The molecule has 3 nitrogen and oxygen atoms in total. The van der Waals surface area contributed by atoms with Crippen molar-refractivity contribution in [3.63, 3.8) is 0 Å². The molecule has 0 amide bonds. The van der Waals surface area contributed by atoms with Crippen LogP contribution in [0.3, 0.4) is 0 Å². The van der Waals surface area contributed by atoms with Crippen molar-refractivity contribution in [1.82, 2.24) is 0 Å². The lowest BCUT2D eigenvalue weighted by atomic mass is 10.0. The average Bonchev–Trinajstić information content (AvgIpc) is 2.71. The largest absolute Gasteiger partial charge is 0.490 e. The molecule has 0 bridgehead atoms. The summed E-state index contributed by atoms with van der Waals surface area (Å²) in [7, 11) is 0. The number of halogens is 1. The monoisotopic (exact) mass is 288 g/mol. The first kappa shape index (κ1) is 13.0. The van der Waals surface area contributed by atoms with Crippen molar-refractivity contribution < 1.29 is 14.3 Å². The molecule has 1 aliphatic rings. The fourth-order valence-corrected chi connectivity index (χ4v) is 2.33. The molecule has 0 unspecified atom stereocenters. The van der Waals surface area contributed by atoms with Gasteiger partial charge in [-0.1, -0.05) is 23.7 Å². The van der Waals surface area contributed by atoms with Crippen LogP contribution in [-0.4, -0.2) is 19.0 Å². The van der Waals surface area contributed by atoms with E-state index in [1.54, 1.807) is 42.5 Å². The van der Waals surface area contributed by atoms with E-state index in [0.29, 0.717) is 40.9 Å². The molecular weight excluding hydrogens is 276 g/mol. The van der Waals surface area contributed by atoms with Crippen LogP contribution in [0.1, 0.15) is 22.3 Å². The van der Waals surface area contributed by atoms with E-state index in [0.717, 1.165) is 6.42 Å². The Balaban J connectivity index is 1.97. The van der Waals surface area contributed by atoms with Gasteiger partial charge in [0.2, 0.25) is 0 Å². The van der Waals surface area contributed by atoms with Gasteiger partial charge in [0.25, 0.3) is 0 Å². The van der Waals surface area contributed by atoms with Crippen molar-refractivity contribution in [3.05, 3.63) is 58.6 Å². The molecule has 4 heteroatoms. The zero-order valence-electron chi connectivity index (χ0n) is 10.8. The highest BCUT2D eigenvalue weighted by Gasteiger charge is 2.16. The van der Waals surface area contributed by atoms with Crippen molar-refractivity contribution >= 4 is 17.4 Å². The third-order valence-electron chi connectivity index (χ3n) is 3.13. The Bertz CT molecular complexity index is 652. The topological polar surface area (TPSA) is 35.5 Å². The Morgan fingerprint density at radius 2 is 1.75 bits per heavy atom. The van der Waals surface area contributed by atoms with E-state index in [-0.39, 0.29) is 5.78 Å². The number of fused-ring (bicyclic) bond motifs is 1. The van der Waals surface area contributed by atoms with Crippen LogP contribution >= 0.6 is 11.6 Å². The second kappa shape index (κ2) is 5.55. The quantitative estimate of drug-likeness (QED) is 0.790. The van der Waals surface area contributed by atoms with E-state index in [1.165, 1.54) is 0 Å². The summed E-state index contributed by atoms with van der Waals surface area (Å²) in [5.41, 5.74) is 1.03. The summed E-state index contributed by atoms with van der Waals surface area (Å²) in [6.07, 6.45) is 0.836. The lowest BCUT2D eigenvalue weighted by Gasteiger charge is -2.09. The minimum Gasteiger partial charge on any atom is -0.490 e. The summed E-state index contributed by atoms with van der Waals surface area (Å²) in [5.74, 6) is 1.17. The number of hydrogen-bond donors (Lipinski definition) is 0. The molecule has 2 aromatic carbocycles. The van der Waals surface area contributed by atoms with Gasteiger partial charge in [0.05, 0.1) is 18.2 Å². The van der Waals surface area contributed by atoms with Crippen molar-refractivity contribution in [2.24, 2.45) is 0 Å². The molecule has 0 aromatic heterocycles. The second-order valence-electron chi connectivity index (χ2n) is 4.52. The van der Waals surface area contributed by atoms with Crippen LogP contribution in [0.15, 0.2) is 42.5 Å². The Morgan fingerprint density at radius 3 is 2.55 bits per heavy atom. The first-order chi connectivity index (χ1) is 9.75. The molecule has 0 saturated carbocycles. The lowest BCUT2D eigenvalue weighted by Crippen LogP contribution is -2.03. The summed E-state index contributed by atoms with van der Waals surface area (Å²) in [6.45, 7) is 1.22. The van der Waals surface area contributed by atoms with Gasteiger partial charge < -0.3 is 9.47 Å². The Labute approximate surface area is 122 Å². The molecule has 0 atom stereocenters. The smallest absolute Gasteiger partial charge is 0.194 e. The summed E-state index contributed by atoms with van der Waals surface area (Å²) < 4.78 is 11.1. The van der Waals surface area contributed by atoms with E-state index in [9.17, 15) is 4.79 Å². The predicted octanol–water partition coefficient (Wildman–Crippen LogP) is 3.73. The molecule has 0 saturated heterocycles. The third kappa shape index (κ3) is 2.49. The van der Waals surface area contributed by atoms with Crippen LogP contribution < -0.4 is 9.47 Å². The predicted molar refractivity (Wildman–Crippen MR) is 76.9 cm³/mol. The van der Waals surface area contributed by atoms with Crippen molar-refractivity contribution in [3.8, 4) is 11.5 Å². The third-order valence-corrected chi connectivity index (χ3v) is 3.46. The molecule has 1 heterocycles. The summed E-state index contributed by atoms with van der Waals surface area (Å²) in [6, 6.07) is 12.2. The van der Waals surface area contributed by atoms with Gasteiger partial charge in [0, 0.05) is 17.5 Å². The minimum atomic E-state index is -0.119. The molecule has 0 radical (unpaired) electrons. The van der Waals surface area contributed by atoms with Crippen molar-refractivity contribution in [2.45, 2.75) is 6.42 Å². The van der Waals surface area contributed by atoms with E-state index < -0.39 is 0 Å². The number of ketones is 1. The maximum Gasteiger partial charge on any atom is 0.194 e. The average molecular weight is 289 g/mol. The Hall–Kier alpha value is -2.00. The Kier molecular flexibility index (Phi) is 3.61. The summed E-state index contributed by atoms with van der Waals surface area (Å²) >= 11 is 6.06. The number of ether oxygens (including phenoxy) is 2. The standard InChI is InChI=1S/C16H13ClO3/c17-13-5-2-1-4-12(13)16(18)11-6-7-14-15(10-11)20-9-3-8-19-14/h1-2,4-7,10H,3,8-9H2. The fraction of sp³-hybridized carbons (Fsp3) is 0.188. The Morgan fingerprint density at radius 1 is 1.00 bits per heavy atom. The normalized spacial score (nSPS) is 13.7. The highest BCUT2D eigenvalue weighted by Crippen LogP contribution is 2.31. The molecule has 3 rings (SSSR count). The van der Waals surface area contributed by atoms with Crippen LogP contribution in [0.5, 0.6) is 11.5 Å². The van der Waals surface area contributed by atoms with Gasteiger partial charge in [0.1, 0.15) is 0 Å². The van der Waals surface area contributed by atoms with Gasteiger partial charge in [-0.25, -0.2) is 0 Å². The van der Waals surface area contributed by atoms with Gasteiger partial charge in [-0.2, -0.15) is 0 Å². The molecule has 0 N–H and O–H groups in total. The molecule has 1 aliphatic heterocycles. The zero-order chi connectivity index (χ0) is 13.9. The molecule has 0 spiro atoms. The first-order valence-corrected chi connectivity index (χ1v) is 6.82. The molecule has 0 fully saturated rings. The van der Waals surface area contributed by atoms with Gasteiger partial charge in [-0.05, 0) is 30.3 Å². The van der Waals surface area contributed by atoms with E-state index in [2.05, 4.69) is 0 Å².